The fourth-order valence-corrected chi connectivity index (χ4v) is 7.46. The van der Waals surface area contributed by atoms with E-state index in [1.165, 1.54) is 22.3 Å². The predicted octanol–water partition coefficient (Wildman–Crippen LogP) is 13.2. The van der Waals surface area contributed by atoms with Crippen LogP contribution in [0.3, 0.4) is 0 Å². The summed E-state index contributed by atoms with van der Waals surface area (Å²) >= 11 is 0. The van der Waals surface area contributed by atoms with Crippen LogP contribution in [-0.4, -0.2) is 15.0 Å². The Kier molecular flexibility index (Phi) is 8.05. The number of nitrogens with zero attached hydrogens (tertiary/aromatic N) is 2. The minimum absolute atomic E-state index is 0.920. The van der Waals surface area contributed by atoms with E-state index < -0.39 is 0 Å². The molecule has 0 unspecified atom stereocenters. The molecule has 10 rings (SSSR count). The third-order valence-corrected chi connectivity index (χ3v) is 10.4. The lowest BCUT2D eigenvalue weighted by Gasteiger charge is -2.09. The topological polar surface area (TPSA) is 41.6 Å². The lowest BCUT2D eigenvalue weighted by Crippen LogP contribution is -1.88. The molecular formula is C50H39N3. The van der Waals surface area contributed by atoms with Crippen molar-refractivity contribution < 1.29 is 0 Å². The Morgan fingerprint density at radius 3 is 0.868 bits per heavy atom. The number of fused-ring (bicyclic) bond motifs is 2. The lowest BCUT2D eigenvalue weighted by atomic mass is 9.96. The highest BCUT2D eigenvalue weighted by Crippen LogP contribution is 2.38. The van der Waals surface area contributed by atoms with Gasteiger partial charge >= 0.3 is 0 Å². The van der Waals surface area contributed by atoms with Crippen molar-refractivity contribution in [3.63, 3.8) is 0 Å². The number of rotatable bonds is 4. The number of H-pyrrole nitrogens is 1. The first-order valence-electron chi connectivity index (χ1n) is 18.2. The molecule has 5 aromatic carbocycles. The number of hydrogen-bond donors (Lipinski definition) is 1. The summed E-state index contributed by atoms with van der Waals surface area (Å²) in [5.41, 5.74) is 19.4. The van der Waals surface area contributed by atoms with E-state index in [0.717, 1.165) is 89.1 Å². The molecule has 0 amide bonds. The van der Waals surface area contributed by atoms with Gasteiger partial charge in [-0.1, -0.05) is 144 Å². The van der Waals surface area contributed by atoms with Gasteiger partial charge in [0.2, 0.25) is 0 Å². The molecule has 3 nitrogen and oxygen atoms in total. The second-order valence-corrected chi connectivity index (χ2v) is 14.3. The van der Waals surface area contributed by atoms with Gasteiger partial charge in [-0.3, -0.25) is 0 Å². The van der Waals surface area contributed by atoms with Gasteiger partial charge in [-0.05, 0) is 97.2 Å². The van der Waals surface area contributed by atoms with Gasteiger partial charge in [0, 0.05) is 33.3 Å². The highest BCUT2D eigenvalue weighted by Gasteiger charge is 2.18. The normalized spacial score (nSPS) is 12.0. The quantitative estimate of drug-likeness (QED) is 0.201. The van der Waals surface area contributed by atoms with Crippen LogP contribution in [0.5, 0.6) is 0 Å². The van der Waals surface area contributed by atoms with Gasteiger partial charge < -0.3 is 4.98 Å². The van der Waals surface area contributed by atoms with E-state index in [1.54, 1.807) is 0 Å². The molecule has 2 aliphatic rings. The molecule has 5 heterocycles. The zero-order chi connectivity index (χ0) is 36.1. The van der Waals surface area contributed by atoms with Gasteiger partial charge in [0.05, 0.1) is 22.8 Å². The first kappa shape index (κ1) is 32.3. The van der Waals surface area contributed by atoms with E-state index in [0.29, 0.717) is 0 Å². The molecule has 8 bridgehead atoms. The van der Waals surface area contributed by atoms with E-state index in [1.807, 2.05) is 0 Å². The molecule has 0 aliphatic carbocycles. The van der Waals surface area contributed by atoms with Gasteiger partial charge in [0.25, 0.3) is 0 Å². The first-order chi connectivity index (χ1) is 25.9. The van der Waals surface area contributed by atoms with Crippen molar-refractivity contribution >= 4 is 46.1 Å². The predicted molar refractivity (Wildman–Crippen MR) is 225 cm³/mol. The third-order valence-electron chi connectivity index (χ3n) is 10.4. The van der Waals surface area contributed by atoms with E-state index >= 15 is 0 Å². The van der Waals surface area contributed by atoms with Crippen molar-refractivity contribution in [1.29, 1.82) is 0 Å². The number of aromatic nitrogens is 3. The first-order valence-corrected chi connectivity index (χ1v) is 18.2. The maximum Gasteiger partial charge on any atom is 0.0737 e. The van der Waals surface area contributed by atoms with Gasteiger partial charge in [-0.2, -0.15) is 0 Å². The van der Waals surface area contributed by atoms with E-state index in [2.05, 4.69) is 190 Å². The van der Waals surface area contributed by atoms with Crippen LogP contribution in [0.1, 0.15) is 45.0 Å². The fourth-order valence-electron chi connectivity index (χ4n) is 7.46. The van der Waals surface area contributed by atoms with Gasteiger partial charge in [-0.15, -0.1) is 0 Å². The zero-order valence-electron chi connectivity index (χ0n) is 30.4. The molecule has 0 spiro atoms. The van der Waals surface area contributed by atoms with Crippen molar-refractivity contribution in [2.75, 3.05) is 0 Å². The number of nitrogens with one attached hydrogen (secondary N) is 1. The Bertz CT molecular complexity index is 2550. The van der Waals surface area contributed by atoms with E-state index in [4.69, 9.17) is 9.97 Å². The largest absolute Gasteiger partial charge is 0.354 e. The Morgan fingerprint density at radius 2 is 0.566 bits per heavy atom. The summed E-state index contributed by atoms with van der Waals surface area (Å²) in [5.74, 6) is 0. The summed E-state index contributed by atoms with van der Waals surface area (Å²) in [5, 5.41) is 2.22. The molecule has 1 N–H and O–H groups in total. The molecule has 0 fully saturated rings. The third kappa shape index (κ3) is 6.11. The summed E-state index contributed by atoms with van der Waals surface area (Å²) in [6.07, 6.45) is 8.66. The molecular weight excluding hydrogens is 643 g/mol. The van der Waals surface area contributed by atoms with Crippen LogP contribution in [0.4, 0.5) is 0 Å². The second-order valence-electron chi connectivity index (χ2n) is 14.3. The van der Waals surface area contributed by atoms with Gasteiger partial charge in [0.15, 0.2) is 0 Å². The van der Waals surface area contributed by atoms with Crippen molar-refractivity contribution in [1.82, 2.24) is 15.0 Å². The van der Waals surface area contributed by atoms with Gasteiger partial charge in [-0.25, -0.2) is 9.97 Å². The van der Waals surface area contributed by atoms with Crippen LogP contribution in [0, 0.1) is 27.7 Å². The smallest absolute Gasteiger partial charge is 0.0737 e. The minimum atomic E-state index is 0.920. The zero-order valence-corrected chi connectivity index (χ0v) is 30.4. The molecule has 8 aromatic rings. The molecule has 53 heavy (non-hydrogen) atoms. The van der Waals surface area contributed by atoms with Crippen LogP contribution in [-0.2, 0) is 0 Å². The van der Waals surface area contributed by atoms with Crippen molar-refractivity contribution in [3.05, 3.63) is 178 Å². The average molecular weight is 682 g/mol. The number of aryl methyl sites for hydroxylation is 4. The van der Waals surface area contributed by atoms with Crippen LogP contribution in [0.2, 0.25) is 0 Å². The van der Waals surface area contributed by atoms with Crippen LogP contribution in [0.25, 0.3) is 90.6 Å². The Hall–Kier alpha value is -6.58. The Labute approximate surface area is 310 Å². The number of aromatic amines is 1. The highest BCUT2D eigenvalue weighted by atomic mass is 14.8. The summed E-state index contributed by atoms with van der Waals surface area (Å²) in [4.78, 5) is 14.7. The second kappa shape index (κ2) is 13.2. The van der Waals surface area contributed by atoms with Gasteiger partial charge in [0.1, 0.15) is 0 Å². The maximum absolute atomic E-state index is 5.42. The van der Waals surface area contributed by atoms with Crippen molar-refractivity contribution in [2.24, 2.45) is 0 Å². The van der Waals surface area contributed by atoms with Crippen LogP contribution in [0.15, 0.2) is 133 Å². The Balaban J connectivity index is 1.46. The van der Waals surface area contributed by atoms with Crippen LogP contribution < -0.4 is 0 Å². The molecule has 254 valence electrons. The summed E-state index contributed by atoms with van der Waals surface area (Å²) in [6, 6.07) is 48.3. The molecule has 0 saturated carbocycles. The standard InChI is InChI=1S/C50H39N3/c1-31-5-13-35(14-6-31)47-37-21-23-38(24-22-37)48(36-15-7-32(2)8-16-36)42-26-28-44(52-42)50(40-19-11-34(4)12-20-40)46-30-29-45(53-46)49(43-27-25-41(47)51-43)39-17-9-33(3)10-18-39/h5-30,53H,1-4H3. The Morgan fingerprint density at radius 1 is 0.302 bits per heavy atom. The molecule has 0 saturated heterocycles. The summed E-state index contributed by atoms with van der Waals surface area (Å²) < 4.78 is 0. The summed E-state index contributed by atoms with van der Waals surface area (Å²) in [6.45, 7) is 8.51. The number of benzene rings is 5. The summed E-state index contributed by atoms with van der Waals surface area (Å²) in [7, 11) is 0. The molecule has 2 aliphatic heterocycles. The molecule has 3 heteroatoms. The number of hydrogen-bond acceptors (Lipinski definition) is 2. The van der Waals surface area contributed by atoms with Crippen molar-refractivity contribution in [2.45, 2.75) is 27.7 Å². The highest BCUT2D eigenvalue weighted by molar-refractivity contribution is 6.00. The fraction of sp³-hybridized carbons (Fsp3) is 0.0800. The monoisotopic (exact) mass is 681 g/mol. The maximum atomic E-state index is 5.42. The lowest BCUT2D eigenvalue weighted by molar-refractivity contribution is 1.32. The molecule has 0 atom stereocenters. The van der Waals surface area contributed by atoms with E-state index in [9.17, 15) is 0 Å². The average Bonchev–Trinajstić information content (AvgIpc) is 3.96. The molecule has 3 aromatic heterocycles. The van der Waals surface area contributed by atoms with E-state index in [-0.39, 0.29) is 0 Å². The van der Waals surface area contributed by atoms with Crippen molar-refractivity contribution in [3.8, 4) is 44.5 Å². The SMILES string of the molecule is Cc1ccc(-c2c3nc(c(-c4ccc(C)cc4)c4ccc([nH]4)c(-c4ccc(C)cc4)c4nc(c(-c5ccc(C)cc5)c5ccc2cc5)C=C4)C=C3)cc1. The molecule has 0 radical (unpaired) electrons. The minimum Gasteiger partial charge on any atom is -0.354 e. The van der Waals surface area contributed by atoms with Crippen LogP contribution >= 0.6 is 0 Å².